The molecule has 4 nitrogen and oxygen atoms in total. The molecule has 0 unspecified atom stereocenters. The number of benzene rings is 4. The van der Waals surface area contributed by atoms with Gasteiger partial charge in [0.1, 0.15) is 11.3 Å². The molecule has 242 valence electrons. The number of aromatic nitrogens is 2. The molecule has 0 radical (unpaired) electrons. The van der Waals surface area contributed by atoms with Crippen LogP contribution in [0.3, 0.4) is 0 Å². The van der Waals surface area contributed by atoms with Crippen molar-refractivity contribution >= 4 is 34.2 Å². The van der Waals surface area contributed by atoms with E-state index in [1.807, 2.05) is 42.6 Å². The van der Waals surface area contributed by atoms with Gasteiger partial charge in [0.05, 0.1) is 17.7 Å². The summed E-state index contributed by atoms with van der Waals surface area (Å²) in [6.45, 7) is 13.4. The number of para-hydroxylation sites is 2. The quantitative estimate of drug-likeness (QED) is 0.184. The van der Waals surface area contributed by atoms with Crippen LogP contribution < -0.4 is 16.5 Å². The van der Waals surface area contributed by atoms with Crippen LogP contribution in [-0.4, -0.2) is 21.8 Å². The maximum Gasteiger partial charge on any atom is 0.269 e. The predicted octanol–water partition coefficient (Wildman–Crippen LogP) is 9.04. The highest BCUT2D eigenvalue weighted by Gasteiger charge is 2.27. The van der Waals surface area contributed by atoms with Gasteiger partial charge in [-0.1, -0.05) is 126 Å². The lowest BCUT2D eigenvalue weighted by Gasteiger charge is -2.26. The first-order valence-electron chi connectivity index (χ1n) is 16.9. The van der Waals surface area contributed by atoms with Gasteiger partial charge in [-0.3, -0.25) is 4.98 Å². The van der Waals surface area contributed by atoms with Crippen LogP contribution >= 0.6 is 0 Å². The minimum Gasteiger partial charge on any atom is -0.507 e. The summed E-state index contributed by atoms with van der Waals surface area (Å²) in [7, 11) is 0. The molecule has 0 fully saturated rings. The lowest BCUT2D eigenvalue weighted by atomic mass is 9.38. The molecule has 3 aromatic heterocycles. The van der Waals surface area contributed by atoms with E-state index in [0.29, 0.717) is 5.56 Å². The average molecular weight is 641 g/mol. The molecule has 3 heterocycles. The van der Waals surface area contributed by atoms with Gasteiger partial charge in [-0.05, 0) is 86.6 Å². The van der Waals surface area contributed by atoms with Crippen molar-refractivity contribution in [2.24, 2.45) is 0 Å². The number of hydrogen-bond acceptors (Lipinski definition) is 4. The Bertz CT molecular complexity index is 2240. The fourth-order valence-corrected chi connectivity index (χ4v) is 6.51. The first-order chi connectivity index (χ1) is 23.5. The first kappa shape index (κ1) is 32.1. The molecule has 0 aliphatic heterocycles. The Morgan fingerprint density at radius 1 is 0.612 bits per heavy atom. The van der Waals surface area contributed by atoms with Gasteiger partial charge >= 0.3 is 0 Å². The van der Waals surface area contributed by atoms with E-state index in [1.165, 1.54) is 11.1 Å². The van der Waals surface area contributed by atoms with Crippen LogP contribution in [0.4, 0.5) is 0 Å². The van der Waals surface area contributed by atoms with Gasteiger partial charge in [0, 0.05) is 22.7 Å². The number of furan rings is 1. The Labute approximate surface area is 289 Å². The van der Waals surface area contributed by atoms with E-state index in [9.17, 15) is 5.11 Å². The van der Waals surface area contributed by atoms with E-state index in [1.54, 1.807) is 12.3 Å². The molecule has 4 aromatic carbocycles. The van der Waals surface area contributed by atoms with Gasteiger partial charge in [-0.2, -0.15) is 0 Å². The maximum absolute atomic E-state index is 11.0. The Morgan fingerprint density at radius 2 is 1.31 bits per heavy atom. The molecular weight excluding hydrogens is 599 g/mol. The van der Waals surface area contributed by atoms with Crippen LogP contribution in [0.1, 0.15) is 52.7 Å². The second-order valence-electron chi connectivity index (χ2n) is 14.9. The molecule has 0 aliphatic rings. The summed E-state index contributed by atoms with van der Waals surface area (Å²) in [5, 5.41) is 12.0. The summed E-state index contributed by atoms with van der Waals surface area (Å²) >= 11 is 0. The zero-order valence-corrected chi connectivity index (χ0v) is 29.0. The maximum atomic E-state index is 11.0. The van der Waals surface area contributed by atoms with E-state index in [0.717, 1.165) is 55.6 Å². The smallest absolute Gasteiger partial charge is 0.269 e. The van der Waals surface area contributed by atoms with Crippen molar-refractivity contribution in [1.29, 1.82) is 0 Å². The molecule has 0 bridgehead atoms. The van der Waals surface area contributed by atoms with Crippen LogP contribution in [0.15, 0.2) is 138 Å². The number of hydrogen-bond donors (Lipinski definition) is 1. The van der Waals surface area contributed by atoms with Gasteiger partial charge in [0.15, 0.2) is 0 Å². The van der Waals surface area contributed by atoms with Gasteiger partial charge in [-0.25, -0.2) is 4.98 Å². The van der Waals surface area contributed by atoms with E-state index >= 15 is 0 Å². The molecule has 0 amide bonds. The highest BCUT2D eigenvalue weighted by molar-refractivity contribution is 6.96. The molecule has 7 rings (SSSR count). The average Bonchev–Trinajstić information content (AvgIpc) is 3.58. The van der Waals surface area contributed by atoms with Crippen LogP contribution in [0.2, 0.25) is 0 Å². The molecule has 0 spiro atoms. The monoisotopic (exact) mass is 640 g/mol. The second-order valence-corrected chi connectivity index (χ2v) is 14.9. The normalized spacial score (nSPS) is 12.0. The standard InChI is InChI=1S/C44H41BN2O2/c1-43(2,3)33-23-31(24-34(28-33)44(4,5)6)32-26-38(47-39(27-32)36-16-7-8-18-40(36)48)30-14-11-15-35(25-30)45(41-19-9-10-21-46-41)37-17-12-13-29-20-22-49-42(29)37/h7-28,48H,1-6H3. The number of fused-ring (bicyclic) bond motifs is 1. The molecule has 0 aliphatic carbocycles. The lowest BCUT2D eigenvalue weighted by molar-refractivity contribution is 0.477. The molecular formula is C44H41BN2O2. The Morgan fingerprint density at radius 3 is 2.02 bits per heavy atom. The van der Waals surface area contributed by atoms with Gasteiger partial charge in [0.2, 0.25) is 0 Å². The number of phenols is 1. The molecule has 49 heavy (non-hydrogen) atoms. The van der Waals surface area contributed by atoms with Crippen molar-refractivity contribution < 1.29 is 9.52 Å². The van der Waals surface area contributed by atoms with Crippen molar-refractivity contribution in [3.63, 3.8) is 0 Å². The summed E-state index contributed by atoms with van der Waals surface area (Å²) < 4.78 is 6.03. The van der Waals surface area contributed by atoms with E-state index in [4.69, 9.17) is 14.4 Å². The highest BCUT2D eigenvalue weighted by atomic mass is 16.3. The summed E-state index contributed by atoms with van der Waals surface area (Å²) in [6.07, 6.45) is 3.59. The molecule has 7 aromatic rings. The van der Waals surface area contributed by atoms with E-state index < -0.39 is 0 Å². The molecule has 5 heteroatoms. The zero-order chi connectivity index (χ0) is 34.3. The predicted molar refractivity (Wildman–Crippen MR) is 205 cm³/mol. The van der Waals surface area contributed by atoms with Crippen LogP contribution in [0.25, 0.3) is 44.6 Å². The van der Waals surface area contributed by atoms with Crippen molar-refractivity contribution in [2.45, 2.75) is 52.4 Å². The fraction of sp³-hybridized carbons (Fsp3) is 0.182. The van der Waals surface area contributed by atoms with Crippen molar-refractivity contribution in [3.05, 3.63) is 145 Å². The largest absolute Gasteiger partial charge is 0.507 e. The molecule has 0 saturated carbocycles. The van der Waals surface area contributed by atoms with Crippen molar-refractivity contribution in [2.75, 3.05) is 0 Å². The summed E-state index contributed by atoms with van der Waals surface area (Å²) in [6, 6.07) is 41.6. The van der Waals surface area contributed by atoms with Gasteiger partial charge in [0.25, 0.3) is 6.71 Å². The Hall–Kier alpha value is -5.42. The third-order valence-electron chi connectivity index (χ3n) is 9.32. The van der Waals surface area contributed by atoms with Gasteiger partial charge in [-0.15, -0.1) is 0 Å². The minimum absolute atomic E-state index is 0.0297. The lowest BCUT2D eigenvalue weighted by Crippen LogP contribution is -2.53. The van der Waals surface area contributed by atoms with Crippen LogP contribution in [0, 0.1) is 0 Å². The number of aromatic hydroxyl groups is 1. The molecule has 0 atom stereocenters. The topological polar surface area (TPSA) is 59.2 Å². The minimum atomic E-state index is -0.158. The number of phenolic OH excluding ortho intramolecular Hbond substituents is 1. The van der Waals surface area contributed by atoms with Crippen molar-refractivity contribution in [1.82, 2.24) is 9.97 Å². The summed E-state index contributed by atoms with van der Waals surface area (Å²) in [4.78, 5) is 10.0. The molecule has 0 saturated heterocycles. The van der Waals surface area contributed by atoms with Crippen molar-refractivity contribution in [3.8, 4) is 39.4 Å². The Kier molecular flexibility index (Phi) is 8.24. The third-order valence-corrected chi connectivity index (χ3v) is 9.32. The van der Waals surface area contributed by atoms with Gasteiger partial charge < -0.3 is 9.52 Å². The highest BCUT2D eigenvalue weighted by Crippen LogP contribution is 2.37. The number of pyridine rings is 2. The van der Waals surface area contributed by atoms with E-state index in [-0.39, 0.29) is 23.3 Å². The zero-order valence-electron chi connectivity index (χ0n) is 29.0. The fourth-order valence-electron chi connectivity index (χ4n) is 6.51. The SMILES string of the molecule is CC(C)(C)c1cc(-c2cc(-c3cccc(B(c4ccccn4)c4cccc5ccoc45)c3)nc(-c3ccccc3O)c2)cc(C(C)(C)C)c1. The van der Waals surface area contributed by atoms with E-state index in [2.05, 4.69) is 120 Å². The summed E-state index contributed by atoms with van der Waals surface area (Å²) in [5.41, 5.74) is 11.8. The van der Waals surface area contributed by atoms with Crippen LogP contribution in [-0.2, 0) is 10.8 Å². The summed E-state index contributed by atoms with van der Waals surface area (Å²) in [5.74, 6) is 0.201. The first-order valence-corrected chi connectivity index (χ1v) is 16.9. The Balaban J connectivity index is 1.44. The third kappa shape index (κ3) is 6.54. The second kappa shape index (κ2) is 12.6. The van der Waals surface area contributed by atoms with Crippen LogP contribution in [0.5, 0.6) is 5.75 Å². The number of rotatable bonds is 6. The molecule has 1 N–H and O–H groups in total. The number of nitrogens with zero attached hydrogens (tertiary/aromatic N) is 2.